The van der Waals surface area contributed by atoms with E-state index in [1.165, 1.54) is 6.07 Å². The number of carbonyl (C=O) groups excluding carboxylic acids is 1. The van der Waals surface area contributed by atoms with Gasteiger partial charge < -0.3 is 14.5 Å². The van der Waals surface area contributed by atoms with E-state index in [9.17, 15) is 17.6 Å². The third-order valence-corrected chi connectivity index (χ3v) is 7.94. The Hall–Kier alpha value is -3.59. The molecule has 0 aliphatic carbocycles. The Morgan fingerprint density at radius 3 is 2.19 bits per heavy atom. The van der Waals surface area contributed by atoms with Crippen molar-refractivity contribution in [3.63, 3.8) is 0 Å². The molecule has 1 aliphatic heterocycles. The minimum absolute atomic E-state index is 0.110. The minimum Gasteiger partial charge on any atom is -0.494 e. The van der Waals surface area contributed by atoms with Crippen molar-refractivity contribution in [2.45, 2.75) is 18.7 Å². The van der Waals surface area contributed by atoms with Gasteiger partial charge in [0.1, 0.15) is 18.1 Å². The molecular weight excluding hydrogens is 481 g/mol. The smallest absolute Gasteiger partial charge is 0.264 e. The predicted octanol–water partition coefficient (Wildman–Crippen LogP) is 4.08. The second kappa shape index (κ2) is 11.0. The van der Waals surface area contributed by atoms with E-state index in [0.717, 1.165) is 9.87 Å². The molecule has 3 aromatic carbocycles. The first-order valence-corrected chi connectivity index (χ1v) is 13.3. The van der Waals surface area contributed by atoms with Crippen LogP contribution in [0.5, 0.6) is 5.75 Å². The number of hydrogen-bond donors (Lipinski definition) is 0. The fourth-order valence-electron chi connectivity index (χ4n) is 4.16. The van der Waals surface area contributed by atoms with Gasteiger partial charge in [-0.2, -0.15) is 0 Å². The second-order valence-corrected chi connectivity index (χ2v) is 10.4. The number of piperazine rings is 1. The van der Waals surface area contributed by atoms with Crippen molar-refractivity contribution in [2.75, 3.05) is 48.5 Å². The summed E-state index contributed by atoms with van der Waals surface area (Å²) >= 11 is 0. The monoisotopic (exact) mass is 511 g/mol. The molecule has 0 radical (unpaired) electrons. The Bertz CT molecular complexity index is 1290. The standard InChI is InChI=1S/C27H30FN3O4S/c1-3-35-23-12-10-22(11-13-23)31(36(33,34)24-14-8-21(2)9-15-24)20-27(32)30-18-16-29(17-19-30)26-7-5-4-6-25(26)28/h4-15H,3,16-20H2,1-2H3. The Kier molecular flexibility index (Phi) is 7.79. The number of hydrogen-bond acceptors (Lipinski definition) is 5. The molecule has 1 saturated heterocycles. The van der Waals surface area contributed by atoms with Crippen molar-refractivity contribution in [3.05, 3.63) is 84.2 Å². The highest BCUT2D eigenvalue weighted by atomic mass is 32.2. The summed E-state index contributed by atoms with van der Waals surface area (Å²) in [6.45, 7) is 5.55. The van der Waals surface area contributed by atoms with Crippen LogP contribution < -0.4 is 13.9 Å². The van der Waals surface area contributed by atoms with Crippen molar-refractivity contribution in [1.82, 2.24) is 4.90 Å². The quantitative estimate of drug-likeness (QED) is 0.456. The number of aryl methyl sites for hydroxylation is 1. The first kappa shape index (κ1) is 25.5. The van der Waals surface area contributed by atoms with Crippen LogP contribution in [0.4, 0.5) is 15.8 Å². The van der Waals surface area contributed by atoms with Crippen molar-refractivity contribution in [1.29, 1.82) is 0 Å². The van der Waals surface area contributed by atoms with Gasteiger partial charge in [-0.1, -0.05) is 29.8 Å². The fraction of sp³-hybridized carbons (Fsp3) is 0.296. The van der Waals surface area contributed by atoms with E-state index in [1.54, 1.807) is 71.6 Å². The van der Waals surface area contributed by atoms with Crippen LogP contribution in [0.2, 0.25) is 0 Å². The number of benzene rings is 3. The molecule has 0 saturated carbocycles. The fourth-order valence-corrected chi connectivity index (χ4v) is 5.57. The molecule has 1 heterocycles. The maximum Gasteiger partial charge on any atom is 0.264 e. The van der Waals surface area contributed by atoms with E-state index in [1.807, 2.05) is 18.7 Å². The van der Waals surface area contributed by atoms with Gasteiger partial charge in [0.05, 0.1) is 22.9 Å². The van der Waals surface area contributed by atoms with Gasteiger partial charge in [0.15, 0.2) is 0 Å². The van der Waals surface area contributed by atoms with E-state index in [0.29, 0.717) is 49.9 Å². The average Bonchev–Trinajstić information content (AvgIpc) is 2.88. The second-order valence-electron chi connectivity index (χ2n) is 8.57. The zero-order valence-corrected chi connectivity index (χ0v) is 21.2. The lowest BCUT2D eigenvalue weighted by atomic mass is 10.2. The zero-order valence-electron chi connectivity index (χ0n) is 20.4. The summed E-state index contributed by atoms with van der Waals surface area (Å²) in [5, 5.41) is 0. The Morgan fingerprint density at radius 2 is 1.58 bits per heavy atom. The van der Waals surface area contributed by atoms with Gasteiger partial charge in [-0.3, -0.25) is 9.10 Å². The molecule has 36 heavy (non-hydrogen) atoms. The highest BCUT2D eigenvalue weighted by Crippen LogP contribution is 2.27. The van der Waals surface area contributed by atoms with Gasteiger partial charge in [0.2, 0.25) is 5.91 Å². The molecule has 0 atom stereocenters. The first-order chi connectivity index (χ1) is 17.3. The summed E-state index contributed by atoms with van der Waals surface area (Å²) in [5.74, 6) is 0.000392. The molecule has 0 aromatic heterocycles. The first-order valence-electron chi connectivity index (χ1n) is 11.9. The molecule has 0 bridgehead atoms. The molecule has 1 amide bonds. The molecular formula is C27H30FN3O4S. The summed E-state index contributed by atoms with van der Waals surface area (Å²) in [5.41, 5.74) is 1.81. The normalized spacial score (nSPS) is 14.0. The molecule has 1 fully saturated rings. The number of para-hydroxylation sites is 1. The summed E-state index contributed by atoms with van der Waals surface area (Å²) in [6.07, 6.45) is 0. The lowest BCUT2D eigenvalue weighted by Crippen LogP contribution is -2.52. The number of amides is 1. The Balaban J connectivity index is 1.54. The van der Waals surface area contributed by atoms with Gasteiger partial charge in [-0.05, 0) is 62.4 Å². The largest absolute Gasteiger partial charge is 0.494 e. The molecule has 4 rings (SSSR count). The van der Waals surface area contributed by atoms with Crippen LogP contribution in [0.1, 0.15) is 12.5 Å². The number of carbonyl (C=O) groups is 1. The molecule has 9 heteroatoms. The van der Waals surface area contributed by atoms with E-state index in [-0.39, 0.29) is 23.2 Å². The van der Waals surface area contributed by atoms with Gasteiger partial charge >= 0.3 is 0 Å². The van der Waals surface area contributed by atoms with Crippen molar-refractivity contribution >= 4 is 27.3 Å². The zero-order chi connectivity index (χ0) is 25.7. The van der Waals surface area contributed by atoms with Crippen LogP contribution in [0.15, 0.2) is 77.7 Å². The topological polar surface area (TPSA) is 70.2 Å². The summed E-state index contributed by atoms with van der Waals surface area (Å²) < 4.78 is 48.0. The summed E-state index contributed by atoms with van der Waals surface area (Å²) in [4.78, 5) is 16.9. The summed E-state index contributed by atoms with van der Waals surface area (Å²) in [6, 6.07) is 19.8. The molecule has 7 nitrogen and oxygen atoms in total. The van der Waals surface area contributed by atoms with Gasteiger partial charge in [0.25, 0.3) is 10.0 Å². The number of ether oxygens (including phenoxy) is 1. The number of rotatable bonds is 8. The van der Waals surface area contributed by atoms with Crippen LogP contribution in [0.3, 0.4) is 0 Å². The van der Waals surface area contributed by atoms with E-state index in [2.05, 4.69) is 0 Å². The lowest BCUT2D eigenvalue weighted by molar-refractivity contribution is -0.129. The van der Waals surface area contributed by atoms with Gasteiger partial charge in [-0.15, -0.1) is 0 Å². The molecule has 1 aliphatic rings. The highest BCUT2D eigenvalue weighted by molar-refractivity contribution is 7.92. The van der Waals surface area contributed by atoms with Crippen LogP contribution in [0.25, 0.3) is 0 Å². The molecule has 0 N–H and O–H groups in total. The lowest BCUT2D eigenvalue weighted by Gasteiger charge is -2.37. The SMILES string of the molecule is CCOc1ccc(N(CC(=O)N2CCN(c3ccccc3F)CC2)S(=O)(=O)c2ccc(C)cc2)cc1. The maximum absolute atomic E-state index is 14.2. The van der Waals surface area contributed by atoms with Gasteiger partial charge in [-0.25, -0.2) is 12.8 Å². The number of nitrogens with zero attached hydrogens (tertiary/aromatic N) is 3. The Morgan fingerprint density at radius 1 is 0.944 bits per heavy atom. The van der Waals surface area contributed by atoms with E-state index < -0.39 is 10.0 Å². The van der Waals surface area contributed by atoms with Crippen molar-refractivity contribution in [3.8, 4) is 5.75 Å². The van der Waals surface area contributed by atoms with E-state index >= 15 is 0 Å². The van der Waals surface area contributed by atoms with Crippen molar-refractivity contribution < 1.29 is 22.3 Å². The van der Waals surface area contributed by atoms with Crippen LogP contribution in [0, 0.1) is 12.7 Å². The molecule has 190 valence electrons. The van der Waals surface area contributed by atoms with Crippen LogP contribution in [-0.2, 0) is 14.8 Å². The Labute approximate surface area is 211 Å². The number of sulfonamides is 1. The maximum atomic E-state index is 14.2. The highest BCUT2D eigenvalue weighted by Gasteiger charge is 2.30. The van der Waals surface area contributed by atoms with E-state index in [4.69, 9.17) is 4.74 Å². The van der Waals surface area contributed by atoms with Crippen LogP contribution in [-0.4, -0.2) is 58.6 Å². The van der Waals surface area contributed by atoms with Crippen molar-refractivity contribution in [2.24, 2.45) is 0 Å². The third-order valence-electron chi connectivity index (χ3n) is 6.15. The predicted molar refractivity (Wildman–Crippen MR) is 139 cm³/mol. The third kappa shape index (κ3) is 5.62. The molecule has 0 spiro atoms. The summed E-state index contributed by atoms with van der Waals surface area (Å²) in [7, 11) is -4.00. The average molecular weight is 512 g/mol. The molecule has 0 unspecified atom stereocenters. The number of halogens is 1. The number of anilines is 2. The minimum atomic E-state index is -4.00. The molecule has 3 aromatic rings. The van der Waals surface area contributed by atoms with Gasteiger partial charge in [0, 0.05) is 26.2 Å². The van der Waals surface area contributed by atoms with Crippen LogP contribution >= 0.6 is 0 Å².